The molecule has 0 bridgehead atoms. The summed E-state index contributed by atoms with van der Waals surface area (Å²) in [6.45, 7) is 3.82. The van der Waals surface area contributed by atoms with Gasteiger partial charge in [-0.1, -0.05) is 387 Å². The monoisotopic (exact) mass is 1750 g/mol. The number of rotatable bonds is 79. The predicted octanol–water partition coefficient (Wildman–Crippen LogP) is 13.8. The van der Waals surface area contributed by atoms with Gasteiger partial charge in [0.05, 0.1) is 66.1 Å². The third-order valence-electron chi connectivity index (χ3n) is 20.1. The molecule has 0 aromatic rings. The average molecular weight is 1750 g/mol. The number of carboxylic acid groups (broad SMARTS) is 4. The molecule has 0 unspecified atom stereocenters. The molecule has 0 aliphatic carbocycles. The number of hydrogen-bond donors (Lipinski definition) is 24. The van der Waals surface area contributed by atoms with Crippen LogP contribution in [0.5, 0.6) is 0 Å². The Labute approximate surface area is 728 Å². The van der Waals surface area contributed by atoms with Crippen molar-refractivity contribution in [2.45, 2.75) is 500 Å². The van der Waals surface area contributed by atoms with E-state index >= 15 is 0 Å². The number of carboxylic acids is 4. The SMILES string of the molecule is CCCCCCCCCCCCCCCCCC(=O)O.CCCCCCCCCCCCCCCCCC(=O)O.CCCCCCCCCCCCCCCCCC(=O)O.CCCCCCCCCCCCCCCCCC(=O)O.OC[C@@H](O)[C@@H](O)CO.OC[C@@H](O)[C@@H](O)CO.OC[C@@H](O)[C@@H](O)CO.OC[C@@H](O)[C@@H](O)CO.OC[C@@H](O)[C@@H](O)CO. The summed E-state index contributed by atoms with van der Waals surface area (Å²) in [7, 11) is 0. The molecule has 0 fully saturated rings. The van der Waals surface area contributed by atoms with Gasteiger partial charge < -0.3 is 123 Å². The van der Waals surface area contributed by atoms with Crippen molar-refractivity contribution in [2.75, 3.05) is 66.1 Å². The van der Waals surface area contributed by atoms with Gasteiger partial charge in [-0.25, -0.2) is 0 Å². The van der Waals surface area contributed by atoms with Crippen LogP contribution < -0.4 is 0 Å². The van der Waals surface area contributed by atoms with Gasteiger partial charge in [-0.3, -0.25) is 19.2 Å². The second kappa shape index (κ2) is 120. The summed E-state index contributed by atoms with van der Waals surface area (Å²) in [4.78, 5) is 41.3. The minimum atomic E-state index is -1.22. The Morgan fingerprint density at radius 3 is 0.267 bits per heavy atom. The summed E-state index contributed by atoms with van der Waals surface area (Å²) >= 11 is 0. The Hall–Kier alpha value is -2.92. The molecular formula is C92H194O28. The van der Waals surface area contributed by atoms with Crippen LogP contribution in [0.3, 0.4) is 0 Å². The molecule has 0 heterocycles. The first-order valence-corrected chi connectivity index (χ1v) is 47.4. The predicted molar refractivity (Wildman–Crippen MR) is 480 cm³/mol. The van der Waals surface area contributed by atoms with Crippen LogP contribution in [0.25, 0.3) is 0 Å². The van der Waals surface area contributed by atoms with Gasteiger partial charge in [0.25, 0.3) is 0 Å². The Morgan fingerprint density at radius 2 is 0.208 bits per heavy atom. The lowest BCUT2D eigenvalue weighted by atomic mass is 10.0. The van der Waals surface area contributed by atoms with E-state index in [1.807, 2.05) is 0 Å². The second-order valence-electron chi connectivity index (χ2n) is 31.9. The van der Waals surface area contributed by atoms with E-state index in [9.17, 15) is 19.2 Å². The quantitative estimate of drug-likeness (QED) is 0.0251. The van der Waals surface area contributed by atoms with Crippen molar-refractivity contribution in [1.29, 1.82) is 0 Å². The van der Waals surface area contributed by atoms with E-state index in [2.05, 4.69) is 27.7 Å². The van der Waals surface area contributed by atoms with E-state index < -0.39 is 151 Å². The lowest BCUT2D eigenvalue weighted by molar-refractivity contribution is -0.138. The maximum Gasteiger partial charge on any atom is 0.303 e. The van der Waals surface area contributed by atoms with Gasteiger partial charge in [-0.15, -0.1) is 0 Å². The van der Waals surface area contributed by atoms with E-state index in [1.165, 1.54) is 334 Å². The van der Waals surface area contributed by atoms with Crippen molar-refractivity contribution in [3.63, 3.8) is 0 Å². The molecule has 0 aliphatic rings. The maximum absolute atomic E-state index is 10.3. The smallest absolute Gasteiger partial charge is 0.303 e. The fraction of sp³-hybridized carbons (Fsp3) is 0.957. The molecule has 0 amide bonds. The number of aliphatic carboxylic acids is 4. The highest BCUT2D eigenvalue weighted by Crippen LogP contribution is 2.19. The summed E-state index contributed by atoms with van der Waals surface area (Å²) in [5.41, 5.74) is 0. The molecule has 28 nitrogen and oxygen atoms in total. The van der Waals surface area contributed by atoms with Gasteiger partial charge in [0, 0.05) is 25.7 Å². The van der Waals surface area contributed by atoms with Crippen LogP contribution in [0.4, 0.5) is 0 Å². The van der Waals surface area contributed by atoms with Crippen molar-refractivity contribution in [3.05, 3.63) is 0 Å². The normalized spacial score (nSPS) is 13.2. The van der Waals surface area contributed by atoms with Crippen LogP contribution in [-0.4, -0.2) is 274 Å². The molecule has 28 heteroatoms. The topological polar surface area (TPSA) is 554 Å². The molecular weight excluding hydrogens is 1550 g/mol. The van der Waals surface area contributed by atoms with E-state index in [1.54, 1.807) is 0 Å². The fourth-order valence-corrected chi connectivity index (χ4v) is 11.8. The van der Waals surface area contributed by atoms with Crippen LogP contribution in [-0.2, 0) is 19.2 Å². The summed E-state index contributed by atoms with van der Waals surface area (Å²) in [6, 6.07) is 0. The minimum Gasteiger partial charge on any atom is -0.481 e. The highest BCUT2D eigenvalue weighted by Gasteiger charge is 2.16. The number of hydrogen-bond acceptors (Lipinski definition) is 24. The summed E-state index contributed by atoms with van der Waals surface area (Å²) in [5.74, 6) is -2.61. The average Bonchev–Trinajstić information content (AvgIpc) is 1.03. The summed E-state index contributed by atoms with van der Waals surface area (Å²) in [6.07, 6.45) is 68.6. The van der Waals surface area contributed by atoms with Crippen molar-refractivity contribution in [3.8, 4) is 0 Å². The number of aliphatic hydroxyl groups excluding tert-OH is 20. The summed E-state index contributed by atoms with van der Waals surface area (Å²) in [5, 5.41) is 200. The van der Waals surface area contributed by atoms with E-state index in [-0.39, 0.29) is 0 Å². The minimum absolute atomic E-state index is 0.345. The van der Waals surface area contributed by atoms with E-state index in [4.69, 9.17) is 123 Å². The van der Waals surface area contributed by atoms with Gasteiger partial charge >= 0.3 is 23.9 Å². The highest BCUT2D eigenvalue weighted by atomic mass is 16.4. The Bertz CT molecular complexity index is 1560. The molecule has 0 spiro atoms. The van der Waals surface area contributed by atoms with Crippen LogP contribution >= 0.6 is 0 Å². The maximum atomic E-state index is 10.3. The Morgan fingerprint density at radius 1 is 0.142 bits per heavy atom. The molecule has 0 aliphatic heterocycles. The molecule has 730 valence electrons. The molecule has 0 saturated carbocycles. The fourth-order valence-electron chi connectivity index (χ4n) is 11.8. The molecule has 0 aromatic carbocycles. The van der Waals surface area contributed by atoms with Gasteiger partial charge in [0.15, 0.2) is 0 Å². The van der Waals surface area contributed by atoms with Gasteiger partial charge in [-0.05, 0) is 25.7 Å². The molecule has 10 atom stereocenters. The first-order valence-electron chi connectivity index (χ1n) is 47.4. The Kier molecular flexibility index (Phi) is 135. The van der Waals surface area contributed by atoms with Crippen LogP contribution in [0, 0.1) is 0 Å². The Balaban J connectivity index is -0.000000170. The van der Waals surface area contributed by atoms with E-state index in [0.717, 1.165) is 51.4 Å². The lowest BCUT2D eigenvalue weighted by Crippen LogP contribution is -2.31. The standard InChI is InChI=1S/4C18H36O2.5C4H10O4/c4*1-2-3-4-5-6-7-8-9-10-11-12-13-14-15-16-17-18(19)20;5*5-1-3(7)4(8)2-6/h4*2-17H2,1H3,(H,19,20);5*3-8H,1-2H2/t;;;;5*3-,4+. The molecule has 0 radical (unpaired) electrons. The second-order valence-corrected chi connectivity index (χ2v) is 31.9. The largest absolute Gasteiger partial charge is 0.481 e. The van der Waals surface area contributed by atoms with Gasteiger partial charge in [0.1, 0.15) is 61.0 Å². The number of carbonyl (C=O) groups is 4. The van der Waals surface area contributed by atoms with Crippen molar-refractivity contribution < 1.29 is 142 Å². The van der Waals surface area contributed by atoms with Crippen molar-refractivity contribution in [1.82, 2.24) is 0 Å². The highest BCUT2D eigenvalue weighted by molar-refractivity contribution is 5.67. The third kappa shape index (κ3) is 136. The van der Waals surface area contributed by atoms with E-state index in [0.29, 0.717) is 25.7 Å². The van der Waals surface area contributed by atoms with Gasteiger partial charge in [0.2, 0.25) is 0 Å². The molecule has 0 aromatic heterocycles. The van der Waals surface area contributed by atoms with Crippen LogP contribution in [0.15, 0.2) is 0 Å². The number of aliphatic hydroxyl groups is 20. The zero-order valence-electron chi connectivity index (χ0n) is 76.5. The molecule has 0 rings (SSSR count). The first kappa shape index (κ1) is 135. The van der Waals surface area contributed by atoms with Crippen LogP contribution in [0.1, 0.15) is 439 Å². The van der Waals surface area contributed by atoms with Crippen molar-refractivity contribution in [2.24, 2.45) is 0 Å². The molecule has 24 N–H and O–H groups in total. The zero-order chi connectivity index (χ0) is 92.4. The molecule has 0 saturated heterocycles. The zero-order valence-corrected chi connectivity index (χ0v) is 76.5. The number of unbranched alkanes of at least 4 members (excludes halogenated alkanes) is 56. The van der Waals surface area contributed by atoms with Gasteiger partial charge in [-0.2, -0.15) is 0 Å². The van der Waals surface area contributed by atoms with Crippen LogP contribution in [0.2, 0.25) is 0 Å². The summed E-state index contributed by atoms with van der Waals surface area (Å²) < 4.78 is 0. The lowest BCUT2D eigenvalue weighted by Gasteiger charge is -2.10. The third-order valence-corrected chi connectivity index (χ3v) is 20.1. The van der Waals surface area contributed by atoms with Crippen molar-refractivity contribution >= 4 is 23.9 Å². The first-order chi connectivity index (χ1) is 57.7. The molecule has 120 heavy (non-hydrogen) atoms.